The van der Waals surface area contributed by atoms with Crippen molar-refractivity contribution < 1.29 is 14.4 Å². The summed E-state index contributed by atoms with van der Waals surface area (Å²) in [6.45, 7) is 0.974. The molecule has 0 aliphatic heterocycles. The Morgan fingerprint density at radius 2 is 1.33 bits per heavy atom. The van der Waals surface area contributed by atoms with Crippen molar-refractivity contribution in [1.29, 1.82) is 5.41 Å². The number of hydrogen-bond acceptors (Lipinski definition) is 5. The summed E-state index contributed by atoms with van der Waals surface area (Å²) in [5.41, 5.74) is 18.4. The van der Waals surface area contributed by atoms with E-state index in [0.717, 1.165) is 76.2 Å². The minimum Gasteiger partial charge on any atom is -0.384 e. The van der Waals surface area contributed by atoms with Crippen molar-refractivity contribution in [3.8, 4) is 0 Å². The first-order chi connectivity index (χ1) is 23.2. The Morgan fingerprint density at radius 3 is 1.92 bits per heavy atom. The van der Waals surface area contributed by atoms with E-state index >= 15 is 0 Å². The largest absolute Gasteiger partial charge is 0.384 e. The lowest BCUT2D eigenvalue weighted by Crippen LogP contribution is -2.57. The highest BCUT2D eigenvalue weighted by Gasteiger charge is 2.37. The van der Waals surface area contributed by atoms with Gasteiger partial charge in [0, 0.05) is 24.6 Å². The van der Waals surface area contributed by atoms with Gasteiger partial charge in [0.05, 0.1) is 0 Å². The standard InChI is InChI=1S/C37H60N8O3/c38-33(39)29-20-18-25(19-21-29)23-30(27-13-6-2-7-14-27)34(46)45-32(28-15-8-3-9-16-28)36(48)44-31(17-10-22-42-37(40)41)35(47)43-24-26-11-4-1-5-12-26/h18-21,26-28,30-32H,1-17,22-24H2,(H3,38,39)(H,43,47)(H,44,48)(H,45,46)(H4,40,41,42). The Balaban J connectivity index is 1.50. The van der Waals surface area contributed by atoms with Crippen molar-refractivity contribution in [3.63, 3.8) is 0 Å². The summed E-state index contributed by atoms with van der Waals surface area (Å²) in [7, 11) is 0. The van der Waals surface area contributed by atoms with Crippen molar-refractivity contribution in [1.82, 2.24) is 16.0 Å². The summed E-state index contributed by atoms with van der Waals surface area (Å²) < 4.78 is 0. The maximum Gasteiger partial charge on any atom is 0.243 e. The number of nitrogens with two attached hydrogens (primary N) is 3. The molecule has 3 amide bonds. The lowest BCUT2D eigenvalue weighted by atomic mass is 9.76. The molecule has 3 aliphatic carbocycles. The van der Waals surface area contributed by atoms with Crippen LogP contribution in [0.2, 0.25) is 0 Å². The number of rotatable bonds is 16. The number of nitrogen functional groups attached to an aromatic ring is 1. The summed E-state index contributed by atoms with van der Waals surface area (Å²) >= 11 is 0. The zero-order chi connectivity index (χ0) is 34.3. The number of nitrogens with one attached hydrogen (secondary N) is 4. The van der Waals surface area contributed by atoms with Gasteiger partial charge in [-0.05, 0) is 81.1 Å². The quantitative estimate of drug-likeness (QED) is 0.0790. The number of guanidine groups is 1. The van der Waals surface area contributed by atoms with E-state index in [1.165, 1.54) is 25.7 Å². The van der Waals surface area contributed by atoms with E-state index in [1.54, 1.807) is 0 Å². The molecule has 11 nitrogen and oxygen atoms in total. The van der Waals surface area contributed by atoms with Gasteiger partial charge in [0.2, 0.25) is 17.7 Å². The van der Waals surface area contributed by atoms with Crippen LogP contribution in [0.5, 0.6) is 0 Å². The van der Waals surface area contributed by atoms with Crippen molar-refractivity contribution in [3.05, 3.63) is 35.4 Å². The molecular formula is C37H60N8O3. The Kier molecular flexibility index (Phi) is 15.0. The zero-order valence-corrected chi connectivity index (χ0v) is 28.8. The van der Waals surface area contributed by atoms with Crippen LogP contribution in [0.3, 0.4) is 0 Å². The predicted octanol–water partition coefficient (Wildman–Crippen LogP) is 4.01. The van der Waals surface area contributed by atoms with E-state index < -0.39 is 12.1 Å². The Bertz CT molecular complexity index is 1210. The molecule has 0 heterocycles. The van der Waals surface area contributed by atoms with Gasteiger partial charge >= 0.3 is 0 Å². The lowest BCUT2D eigenvalue weighted by molar-refractivity contribution is -0.135. The molecule has 10 N–H and O–H groups in total. The van der Waals surface area contributed by atoms with Gasteiger partial charge in [-0.2, -0.15) is 0 Å². The third kappa shape index (κ3) is 11.8. The topological polar surface area (TPSA) is 202 Å². The SMILES string of the molecule is N=C(N)c1ccc(CC(C(=O)NC(C(=O)NC(CCCN=C(N)N)C(=O)NCC2CCCCC2)C2CCCCC2)C2CCCCC2)cc1. The summed E-state index contributed by atoms with van der Waals surface area (Å²) in [5, 5.41) is 17.2. The van der Waals surface area contributed by atoms with E-state index in [9.17, 15) is 14.4 Å². The summed E-state index contributed by atoms with van der Waals surface area (Å²) in [6.07, 6.45) is 17.6. The molecule has 3 unspecified atom stereocenters. The molecule has 11 heteroatoms. The van der Waals surface area contributed by atoms with Crippen molar-refractivity contribution >= 4 is 29.5 Å². The second kappa shape index (κ2) is 19.4. The van der Waals surface area contributed by atoms with Crippen LogP contribution in [0, 0.1) is 29.1 Å². The first-order valence-electron chi connectivity index (χ1n) is 18.6. The summed E-state index contributed by atoms with van der Waals surface area (Å²) in [6, 6.07) is 6.10. The van der Waals surface area contributed by atoms with Crippen LogP contribution < -0.4 is 33.2 Å². The second-order valence-corrected chi connectivity index (χ2v) is 14.5. The molecule has 3 atom stereocenters. The number of amidine groups is 1. The van der Waals surface area contributed by atoms with E-state index in [1.807, 2.05) is 24.3 Å². The van der Waals surface area contributed by atoms with Gasteiger partial charge < -0.3 is 33.2 Å². The first kappa shape index (κ1) is 37.2. The predicted molar refractivity (Wildman–Crippen MR) is 191 cm³/mol. The third-order valence-electron chi connectivity index (χ3n) is 10.8. The number of hydrogen-bond donors (Lipinski definition) is 7. The minimum absolute atomic E-state index is 0.000254. The van der Waals surface area contributed by atoms with Crippen LogP contribution in [-0.2, 0) is 20.8 Å². The van der Waals surface area contributed by atoms with E-state index in [0.29, 0.717) is 43.8 Å². The number of aliphatic imine (C=N–C) groups is 1. The third-order valence-corrected chi connectivity index (χ3v) is 10.8. The minimum atomic E-state index is -0.743. The van der Waals surface area contributed by atoms with Crippen LogP contribution in [0.15, 0.2) is 29.3 Å². The average Bonchev–Trinajstić information content (AvgIpc) is 3.10. The fourth-order valence-corrected chi connectivity index (χ4v) is 8.00. The first-order valence-corrected chi connectivity index (χ1v) is 18.6. The van der Waals surface area contributed by atoms with Crippen LogP contribution in [0.4, 0.5) is 0 Å². The van der Waals surface area contributed by atoms with Crippen LogP contribution in [0.1, 0.15) is 120 Å². The smallest absolute Gasteiger partial charge is 0.243 e. The summed E-state index contributed by atoms with van der Waals surface area (Å²) in [4.78, 5) is 46.1. The molecule has 1 aromatic carbocycles. The van der Waals surface area contributed by atoms with Crippen molar-refractivity contribution in [2.45, 2.75) is 128 Å². The summed E-state index contributed by atoms with van der Waals surface area (Å²) in [5.74, 6) is -0.126. The molecule has 0 aromatic heterocycles. The zero-order valence-electron chi connectivity index (χ0n) is 28.8. The number of carbonyl (C=O) groups is 3. The molecule has 266 valence electrons. The monoisotopic (exact) mass is 664 g/mol. The van der Waals surface area contributed by atoms with Gasteiger partial charge in [-0.3, -0.25) is 24.8 Å². The highest BCUT2D eigenvalue weighted by Crippen LogP contribution is 2.33. The van der Waals surface area contributed by atoms with Gasteiger partial charge in [0.25, 0.3) is 0 Å². The molecule has 1 aromatic rings. The lowest BCUT2D eigenvalue weighted by Gasteiger charge is -2.35. The molecule has 3 fully saturated rings. The van der Waals surface area contributed by atoms with Gasteiger partial charge in [-0.15, -0.1) is 0 Å². The van der Waals surface area contributed by atoms with Gasteiger partial charge in [-0.1, -0.05) is 82.1 Å². The highest BCUT2D eigenvalue weighted by atomic mass is 16.2. The molecule has 0 saturated heterocycles. The van der Waals surface area contributed by atoms with Crippen molar-refractivity contribution in [2.24, 2.45) is 45.9 Å². The average molecular weight is 665 g/mol. The highest BCUT2D eigenvalue weighted by molar-refractivity contribution is 5.95. The molecule has 48 heavy (non-hydrogen) atoms. The molecular weight excluding hydrogens is 604 g/mol. The molecule has 3 aliphatic rings. The van der Waals surface area contributed by atoms with Gasteiger partial charge in [0.15, 0.2) is 5.96 Å². The molecule has 0 bridgehead atoms. The normalized spacial score (nSPS) is 19.8. The number of nitrogens with zero attached hydrogens (tertiary/aromatic N) is 1. The maximum atomic E-state index is 14.3. The number of amides is 3. The number of carbonyl (C=O) groups excluding carboxylic acids is 3. The van der Waals surface area contributed by atoms with Gasteiger partial charge in [-0.25, -0.2) is 0 Å². The van der Waals surface area contributed by atoms with Crippen LogP contribution in [-0.4, -0.2) is 54.7 Å². The van der Waals surface area contributed by atoms with Crippen LogP contribution >= 0.6 is 0 Å². The van der Waals surface area contributed by atoms with Gasteiger partial charge in [0.1, 0.15) is 17.9 Å². The molecule has 0 spiro atoms. The molecule has 4 rings (SSSR count). The molecule has 3 saturated carbocycles. The Morgan fingerprint density at radius 1 is 0.750 bits per heavy atom. The van der Waals surface area contributed by atoms with E-state index in [4.69, 9.17) is 22.6 Å². The van der Waals surface area contributed by atoms with Crippen molar-refractivity contribution in [2.75, 3.05) is 13.1 Å². The molecule has 0 radical (unpaired) electrons. The second-order valence-electron chi connectivity index (χ2n) is 14.5. The van der Waals surface area contributed by atoms with E-state index in [-0.39, 0.29) is 47.3 Å². The Hall–Kier alpha value is -3.63. The fourth-order valence-electron chi connectivity index (χ4n) is 8.00. The fraction of sp³-hybridized carbons (Fsp3) is 0.703. The number of benzene rings is 1. The maximum absolute atomic E-state index is 14.3. The Labute approximate surface area is 286 Å². The van der Waals surface area contributed by atoms with E-state index in [2.05, 4.69) is 20.9 Å². The van der Waals surface area contributed by atoms with Crippen LogP contribution in [0.25, 0.3) is 0 Å².